The molecule has 5 nitrogen and oxygen atoms in total. The molecule has 3 aromatic carbocycles. The van der Waals surface area contributed by atoms with Gasteiger partial charge in [-0.2, -0.15) is 5.10 Å². The van der Waals surface area contributed by atoms with Crippen molar-refractivity contribution in [3.8, 4) is 28.4 Å². The summed E-state index contributed by atoms with van der Waals surface area (Å²) in [6.07, 6.45) is 1.72. The van der Waals surface area contributed by atoms with Crippen LogP contribution in [0.25, 0.3) is 16.9 Å². The molecule has 0 saturated heterocycles. The number of rotatable bonds is 4. The number of aromatic nitrogens is 1. The fourth-order valence-electron chi connectivity index (χ4n) is 3.16. The van der Waals surface area contributed by atoms with Crippen LogP contribution < -0.4 is 14.3 Å². The van der Waals surface area contributed by atoms with E-state index in [0.29, 0.717) is 0 Å². The van der Waals surface area contributed by atoms with Gasteiger partial charge in [0.25, 0.3) is 0 Å². The Morgan fingerprint density at radius 2 is 1.60 bits per heavy atom. The Bertz CT molecular complexity index is 1230. The first-order valence-electron chi connectivity index (χ1n) is 9.16. The van der Waals surface area contributed by atoms with Gasteiger partial charge in [0.05, 0.1) is 11.9 Å². The highest BCUT2D eigenvalue weighted by Gasteiger charge is 2.12. The molecular formula is C23H18BrN3O2S. The van der Waals surface area contributed by atoms with Crippen molar-refractivity contribution >= 4 is 34.5 Å². The summed E-state index contributed by atoms with van der Waals surface area (Å²) in [7, 11) is 0. The normalized spacial score (nSPS) is 12.9. The highest BCUT2D eigenvalue weighted by molar-refractivity contribution is 8.93. The summed E-state index contributed by atoms with van der Waals surface area (Å²) in [5, 5.41) is 10.9. The van der Waals surface area contributed by atoms with Gasteiger partial charge in [0.2, 0.25) is 11.6 Å². The molecule has 0 aliphatic carbocycles. The molecule has 0 bridgehead atoms. The van der Waals surface area contributed by atoms with Crippen molar-refractivity contribution in [3.63, 3.8) is 0 Å². The SMILES string of the molecule is Br.C(=N\N=c1/scc(-c2ccccc2)n1-c1ccccc1)/c1ccc2c(c1)OCO2. The minimum absolute atomic E-state index is 0. The minimum atomic E-state index is 0. The Morgan fingerprint density at radius 3 is 2.40 bits per heavy atom. The molecule has 2 heterocycles. The molecule has 1 aromatic heterocycles. The summed E-state index contributed by atoms with van der Waals surface area (Å²) in [5.74, 6) is 1.49. The zero-order valence-electron chi connectivity index (χ0n) is 15.8. The van der Waals surface area contributed by atoms with Gasteiger partial charge in [-0.3, -0.25) is 4.57 Å². The lowest BCUT2D eigenvalue weighted by atomic mass is 10.1. The predicted molar refractivity (Wildman–Crippen MR) is 125 cm³/mol. The lowest BCUT2D eigenvalue weighted by molar-refractivity contribution is 0.174. The molecule has 0 fully saturated rings. The van der Waals surface area contributed by atoms with Crippen molar-refractivity contribution in [1.82, 2.24) is 4.57 Å². The highest BCUT2D eigenvalue weighted by Crippen LogP contribution is 2.32. The maximum Gasteiger partial charge on any atom is 0.231 e. The fraction of sp³-hybridized carbons (Fsp3) is 0.0435. The number of thiazole rings is 1. The Balaban J connectivity index is 0.00000218. The third-order valence-corrected chi connectivity index (χ3v) is 5.35. The van der Waals surface area contributed by atoms with Crippen LogP contribution in [0.2, 0.25) is 0 Å². The summed E-state index contributed by atoms with van der Waals surface area (Å²) in [6.45, 7) is 0.259. The standard InChI is InChI=1S/C23H17N3O2S.BrH/c1-3-7-18(8-4-1)20-15-29-23(26(20)19-9-5-2-6-10-19)25-24-14-17-11-12-21-22(13-17)28-16-27-21;/h1-15H,16H2;1H/b24-14+,25-23-;. The van der Waals surface area contributed by atoms with Gasteiger partial charge in [0, 0.05) is 11.1 Å². The topological polar surface area (TPSA) is 48.1 Å². The second-order valence-electron chi connectivity index (χ2n) is 6.40. The van der Waals surface area contributed by atoms with E-state index in [2.05, 4.69) is 44.4 Å². The van der Waals surface area contributed by atoms with Crippen LogP contribution in [-0.2, 0) is 0 Å². The van der Waals surface area contributed by atoms with E-state index in [1.54, 1.807) is 17.6 Å². The molecule has 30 heavy (non-hydrogen) atoms. The summed E-state index contributed by atoms with van der Waals surface area (Å²) in [6, 6.07) is 26.2. The first-order valence-corrected chi connectivity index (χ1v) is 10.0. The minimum Gasteiger partial charge on any atom is -0.454 e. The number of hydrogen-bond acceptors (Lipinski definition) is 5. The van der Waals surface area contributed by atoms with Gasteiger partial charge < -0.3 is 9.47 Å². The molecule has 0 radical (unpaired) electrons. The quantitative estimate of drug-likeness (QED) is 0.288. The lowest BCUT2D eigenvalue weighted by Gasteiger charge is -2.08. The number of para-hydroxylation sites is 1. The van der Waals surface area contributed by atoms with Crippen molar-refractivity contribution < 1.29 is 9.47 Å². The lowest BCUT2D eigenvalue weighted by Crippen LogP contribution is -2.13. The van der Waals surface area contributed by atoms with E-state index in [0.717, 1.165) is 38.8 Å². The predicted octanol–water partition coefficient (Wildman–Crippen LogP) is 5.45. The molecule has 0 atom stereocenters. The molecule has 0 unspecified atom stereocenters. The maximum atomic E-state index is 5.42. The zero-order valence-corrected chi connectivity index (χ0v) is 18.4. The molecule has 150 valence electrons. The molecule has 0 spiro atoms. The van der Waals surface area contributed by atoms with Gasteiger partial charge in [0.15, 0.2) is 11.5 Å². The van der Waals surface area contributed by atoms with E-state index >= 15 is 0 Å². The summed E-state index contributed by atoms with van der Waals surface area (Å²) in [4.78, 5) is 0.798. The number of nitrogens with zero attached hydrogens (tertiary/aromatic N) is 3. The Kier molecular flexibility index (Phi) is 6.11. The Labute approximate surface area is 188 Å². The van der Waals surface area contributed by atoms with Crippen LogP contribution in [0, 0.1) is 0 Å². The van der Waals surface area contributed by atoms with E-state index in [4.69, 9.17) is 9.47 Å². The number of hydrogen-bond donors (Lipinski definition) is 0. The van der Waals surface area contributed by atoms with Crippen LogP contribution in [0.3, 0.4) is 0 Å². The first kappa shape index (κ1) is 20.1. The fourth-order valence-corrected chi connectivity index (χ4v) is 4.02. The van der Waals surface area contributed by atoms with Gasteiger partial charge in [-0.05, 0) is 41.5 Å². The number of halogens is 1. The largest absolute Gasteiger partial charge is 0.454 e. The second-order valence-corrected chi connectivity index (χ2v) is 7.23. The molecule has 5 rings (SSSR count). The van der Waals surface area contributed by atoms with E-state index < -0.39 is 0 Å². The Hall–Kier alpha value is -3.16. The first-order chi connectivity index (χ1) is 14.4. The van der Waals surface area contributed by atoms with E-state index in [1.807, 2.05) is 54.6 Å². The average molecular weight is 480 g/mol. The number of benzene rings is 3. The number of ether oxygens (including phenoxy) is 2. The van der Waals surface area contributed by atoms with Crippen LogP contribution >= 0.6 is 28.3 Å². The van der Waals surface area contributed by atoms with E-state index in [1.165, 1.54) is 0 Å². The van der Waals surface area contributed by atoms with Crippen LogP contribution in [0.15, 0.2) is 94.4 Å². The van der Waals surface area contributed by atoms with Crippen LogP contribution in [0.4, 0.5) is 0 Å². The maximum absolute atomic E-state index is 5.42. The molecule has 1 aliphatic heterocycles. The van der Waals surface area contributed by atoms with Crippen LogP contribution in [0.1, 0.15) is 5.56 Å². The molecule has 4 aromatic rings. The van der Waals surface area contributed by atoms with Crippen molar-refractivity contribution in [3.05, 3.63) is 94.6 Å². The molecular weight excluding hydrogens is 462 g/mol. The zero-order chi connectivity index (χ0) is 19.5. The number of fused-ring (bicyclic) bond motifs is 1. The van der Waals surface area contributed by atoms with Gasteiger partial charge in [0.1, 0.15) is 0 Å². The molecule has 0 amide bonds. The molecule has 7 heteroatoms. The van der Waals surface area contributed by atoms with Crippen LogP contribution in [0.5, 0.6) is 11.5 Å². The van der Waals surface area contributed by atoms with E-state index in [-0.39, 0.29) is 23.8 Å². The van der Waals surface area contributed by atoms with Crippen molar-refractivity contribution in [2.75, 3.05) is 6.79 Å². The monoisotopic (exact) mass is 479 g/mol. The Morgan fingerprint density at radius 1 is 0.867 bits per heavy atom. The third kappa shape index (κ3) is 4.08. The summed E-state index contributed by atoms with van der Waals surface area (Å²) < 4.78 is 12.9. The second kappa shape index (κ2) is 9.11. The smallest absolute Gasteiger partial charge is 0.231 e. The molecule has 0 N–H and O–H groups in total. The molecule has 1 aliphatic rings. The van der Waals surface area contributed by atoms with Crippen LogP contribution in [-0.4, -0.2) is 17.6 Å². The van der Waals surface area contributed by atoms with Gasteiger partial charge in [-0.1, -0.05) is 48.5 Å². The van der Waals surface area contributed by atoms with Gasteiger partial charge in [-0.25, -0.2) is 0 Å². The van der Waals surface area contributed by atoms with Crippen molar-refractivity contribution in [2.45, 2.75) is 0 Å². The molecule has 0 saturated carbocycles. The third-order valence-electron chi connectivity index (χ3n) is 4.54. The van der Waals surface area contributed by atoms with E-state index in [9.17, 15) is 0 Å². The highest BCUT2D eigenvalue weighted by atomic mass is 79.9. The summed E-state index contributed by atoms with van der Waals surface area (Å²) >= 11 is 1.56. The van der Waals surface area contributed by atoms with Gasteiger partial charge >= 0.3 is 0 Å². The average Bonchev–Trinajstić information content (AvgIpc) is 3.42. The van der Waals surface area contributed by atoms with Crippen molar-refractivity contribution in [1.29, 1.82) is 0 Å². The van der Waals surface area contributed by atoms with Crippen molar-refractivity contribution in [2.24, 2.45) is 10.2 Å². The van der Waals surface area contributed by atoms with Gasteiger partial charge in [-0.15, -0.1) is 33.4 Å². The summed E-state index contributed by atoms with van der Waals surface area (Å²) in [5.41, 5.74) is 4.17.